The van der Waals surface area contributed by atoms with Crippen molar-refractivity contribution in [1.82, 2.24) is 5.32 Å². The highest BCUT2D eigenvalue weighted by Crippen LogP contribution is 2.21. The van der Waals surface area contributed by atoms with Gasteiger partial charge in [-0.25, -0.2) is 4.79 Å². The first kappa shape index (κ1) is 14.2. The molecule has 0 fully saturated rings. The van der Waals surface area contributed by atoms with Crippen LogP contribution in [-0.2, 0) is 9.59 Å². The predicted octanol–water partition coefficient (Wildman–Crippen LogP) is 1.22. The van der Waals surface area contributed by atoms with Gasteiger partial charge in [-0.15, -0.1) is 0 Å². The van der Waals surface area contributed by atoms with Crippen molar-refractivity contribution in [2.45, 2.75) is 6.92 Å². The minimum atomic E-state index is -1.14. The third-order valence-corrected chi connectivity index (χ3v) is 2.48. The first-order chi connectivity index (χ1) is 8.40. The number of aromatic carboxylic acids is 1. The fourth-order valence-corrected chi connectivity index (χ4v) is 1.57. The third-order valence-electron chi connectivity index (χ3n) is 1.98. The molecule has 3 N–H and O–H groups in total. The van der Waals surface area contributed by atoms with Crippen LogP contribution in [0, 0.1) is 0 Å². The Morgan fingerprint density at radius 1 is 1.33 bits per heavy atom. The lowest BCUT2D eigenvalue weighted by Gasteiger charge is -2.09. The fraction of sp³-hybridized carbons (Fsp3) is 0.182. The molecule has 0 unspecified atom stereocenters. The molecule has 2 amide bonds. The minimum absolute atomic E-state index is 0.0191. The number of hydrogen-bond acceptors (Lipinski definition) is 3. The first-order valence-corrected chi connectivity index (χ1v) is 5.76. The van der Waals surface area contributed by atoms with E-state index in [1.54, 1.807) is 6.07 Å². The van der Waals surface area contributed by atoms with Crippen LogP contribution in [0.3, 0.4) is 0 Å². The smallest absolute Gasteiger partial charge is 0.337 e. The van der Waals surface area contributed by atoms with Gasteiger partial charge in [-0.1, -0.05) is 15.9 Å². The van der Waals surface area contributed by atoms with E-state index in [1.807, 2.05) is 0 Å². The molecule has 0 heterocycles. The Morgan fingerprint density at radius 2 is 2.00 bits per heavy atom. The van der Waals surface area contributed by atoms with Crippen LogP contribution in [0.15, 0.2) is 22.7 Å². The largest absolute Gasteiger partial charge is 0.478 e. The van der Waals surface area contributed by atoms with Crippen molar-refractivity contribution in [1.29, 1.82) is 0 Å². The third kappa shape index (κ3) is 4.17. The lowest BCUT2D eigenvalue weighted by atomic mass is 10.2. The molecule has 1 rings (SSSR count). The standard InChI is InChI=1S/C11H11BrN2O4/c1-6(15)13-5-10(16)14-9-4-7(12)2-3-8(9)11(17)18/h2-4H,5H2,1H3,(H,13,15)(H,14,16)(H,17,18). The number of halogens is 1. The van der Waals surface area contributed by atoms with E-state index in [0.717, 1.165) is 0 Å². The number of carboxylic acids is 1. The van der Waals surface area contributed by atoms with E-state index in [2.05, 4.69) is 26.6 Å². The number of nitrogens with one attached hydrogen (secondary N) is 2. The monoisotopic (exact) mass is 314 g/mol. The van der Waals surface area contributed by atoms with Crippen molar-refractivity contribution in [3.8, 4) is 0 Å². The van der Waals surface area contributed by atoms with Crippen LogP contribution in [0.4, 0.5) is 5.69 Å². The number of amides is 2. The van der Waals surface area contributed by atoms with E-state index in [0.29, 0.717) is 4.47 Å². The van der Waals surface area contributed by atoms with Crippen LogP contribution in [0.5, 0.6) is 0 Å². The molecule has 0 aliphatic rings. The van der Waals surface area contributed by atoms with Gasteiger partial charge < -0.3 is 15.7 Å². The summed E-state index contributed by atoms with van der Waals surface area (Å²) in [6.07, 6.45) is 0. The molecule has 96 valence electrons. The van der Waals surface area contributed by atoms with Crippen molar-refractivity contribution >= 4 is 39.4 Å². The fourth-order valence-electron chi connectivity index (χ4n) is 1.21. The van der Waals surface area contributed by atoms with Crippen LogP contribution in [0.2, 0.25) is 0 Å². The Balaban J connectivity index is 2.82. The van der Waals surface area contributed by atoms with Gasteiger partial charge in [0.2, 0.25) is 11.8 Å². The van der Waals surface area contributed by atoms with Crippen molar-refractivity contribution in [3.63, 3.8) is 0 Å². The van der Waals surface area contributed by atoms with Crippen molar-refractivity contribution in [3.05, 3.63) is 28.2 Å². The maximum Gasteiger partial charge on any atom is 0.337 e. The van der Waals surface area contributed by atoms with Crippen LogP contribution >= 0.6 is 15.9 Å². The average molecular weight is 315 g/mol. The number of benzene rings is 1. The molecule has 0 saturated carbocycles. The zero-order chi connectivity index (χ0) is 13.7. The second-order valence-electron chi connectivity index (χ2n) is 3.45. The number of anilines is 1. The van der Waals surface area contributed by atoms with E-state index in [-0.39, 0.29) is 23.7 Å². The number of carbonyl (C=O) groups excluding carboxylic acids is 2. The number of rotatable bonds is 4. The summed E-state index contributed by atoms with van der Waals surface area (Å²) in [5, 5.41) is 13.7. The van der Waals surface area contributed by atoms with Crippen LogP contribution < -0.4 is 10.6 Å². The Kier molecular flexibility index (Phi) is 4.85. The maximum absolute atomic E-state index is 11.5. The summed E-state index contributed by atoms with van der Waals surface area (Å²) in [6, 6.07) is 4.42. The van der Waals surface area contributed by atoms with Crippen LogP contribution in [0.1, 0.15) is 17.3 Å². The molecule has 18 heavy (non-hydrogen) atoms. The molecule has 1 aromatic carbocycles. The van der Waals surface area contributed by atoms with E-state index in [1.165, 1.54) is 19.1 Å². The van der Waals surface area contributed by atoms with Crippen LogP contribution in [0.25, 0.3) is 0 Å². The highest BCUT2D eigenvalue weighted by Gasteiger charge is 2.12. The number of carbonyl (C=O) groups is 3. The van der Waals surface area contributed by atoms with Gasteiger partial charge in [0.1, 0.15) is 0 Å². The lowest BCUT2D eigenvalue weighted by Crippen LogP contribution is -2.31. The van der Waals surface area contributed by atoms with Gasteiger partial charge in [0.25, 0.3) is 0 Å². The summed E-state index contributed by atoms with van der Waals surface area (Å²) in [5.41, 5.74) is 0.154. The lowest BCUT2D eigenvalue weighted by molar-refractivity contribution is -0.122. The molecule has 0 saturated heterocycles. The molecule has 0 bridgehead atoms. The first-order valence-electron chi connectivity index (χ1n) is 4.97. The van der Waals surface area contributed by atoms with Crippen LogP contribution in [-0.4, -0.2) is 29.4 Å². The molecule has 6 nitrogen and oxygen atoms in total. The summed E-state index contributed by atoms with van der Waals surface area (Å²) in [4.78, 5) is 33.1. The van der Waals surface area contributed by atoms with E-state index in [4.69, 9.17) is 5.11 Å². The summed E-state index contributed by atoms with van der Waals surface area (Å²) >= 11 is 3.18. The molecular formula is C11H11BrN2O4. The molecule has 0 aromatic heterocycles. The van der Waals surface area contributed by atoms with Gasteiger partial charge in [0, 0.05) is 11.4 Å². The average Bonchev–Trinajstić information content (AvgIpc) is 2.26. The van der Waals surface area contributed by atoms with E-state index >= 15 is 0 Å². The molecule has 0 atom stereocenters. The predicted molar refractivity (Wildman–Crippen MR) is 68.4 cm³/mol. The Hall–Kier alpha value is -1.89. The molecule has 7 heteroatoms. The quantitative estimate of drug-likeness (QED) is 0.778. The second kappa shape index (κ2) is 6.15. The molecular weight excluding hydrogens is 304 g/mol. The molecule has 0 spiro atoms. The SMILES string of the molecule is CC(=O)NCC(=O)Nc1cc(Br)ccc1C(=O)O. The van der Waals surface area contributed by atoms with Gasteiger partial charge in [-0.05, 0) is 18.2 Å². The molecule has 0 radical (unpaired) electrons. The Labute approximate surface area is 112 Å². The molecule has 0 aliphatic carbocycles. The summed E-state index contributed by atoms with van der Waals surface area (Å²) in [6.45, 7) is 1.08. The van der Waals surface area contributed by atoms with Gasteiger partial charge in [-0.3, -0.25) is 9.59 Å². The Morgan fingerprint density at radius 3 is 2.56 bits per heavy atom. The maximum atomic E-state index is 11.5. The van der Waals surface area contributed by atoms with Gasteiger partial charge >= 0.3 is 5.97 Å². The topological polar surface area (TPSA) is 95.5 Å². The number of carboxylic acid groups (broad SMARTS) is 1. The zero-order valence-electron chi connectivity index (χ0n) is 9.49. The second-order valence-corrected chi connectivity index (χ2v) is 4.37. The molecule has 1 aromatic rings. The Bertz CT molecular complexity index is 502. The summed E-state index contributed by atoms with van der Waals surface area (Å²) in [7, 11) is 0. The van der Waals surface area contributed by atoms with Crippen molar-refractivity contribution in [2.24, 2.45) is 0 Å². The van der Waals surface area contributed by atoms with Crippen molar-refractivity contribution in [2.75, 3.05) is 11.9 Å². The summed E-state index contributed by atoms with van der Waals surface area (Å²) < 4.78 is 0.641. The highest BCUT2D eigenvalue weighted by atomic mass is 79.9. The summed E-state index contributed by atoms with van der Waals surface area (Å²) in [5.74, 6) is -1.97. The number of hydrogen-bond donors (Lipinski definition) is 3. The minimum Gasteiger partial charge on any atom is -0.478 e. The van der Waals surface area contributed by atoms with E-state index < -0.39 is 11.9 Å². The highest BCUT2D eigenvalue weighted by molar-refractivity contribution is 9.10. The van der Waals surface area contributed by atoms with Gasteiger partial charge in [0.05, 0.1) is 17.8 Å². The van der Waals surface area contributed by atoms with E-state index in [9.17, 15) is 14.4 Å². The van der Waals surface area contributed by atoms with Gasteiger partial charge in [-0.2, -0.15) is 0 Å². The zero-order valence-corrected chi connectivity index (χ0v) is 11.1. The normalized spacial score (nSPS) is 9.67. The van der Waals surface area contributed by atoms with Crippen molar-refractivity contribution < 1.29 is 19.5 Å². The molecule has 0 aliphatic heterocycles. The van der Waals surface area contributed by atoms with Gasteiger partial charge in [0.15, 0.2) is 0 Å².